The number of rotatable bonds is 5. The predicted octanol–water partition coefficient (Wildman–Crippen LogP) is 4.34. The Labute approximate surface area is 165 Å². The molecule has 0 aliphatic carbocycles. The minimum absolute atomic E-state index is 0.0626. The van der Waals surface area contributed by atoms with Crippen LogP contribution in [0.4, 0.5) is 5.69 Å². The summed E-state index contributed by atoms with van der Waals surface area (Å²) < 4.78 is 3.24. The lowest BCUT2D eigenvalue weighted by Gasteiger charge is -2.10. The van der Waals surface area contributed by atoms with Crippen LogP contribution in [0.1, 0.15) is 17.0 Å². The van der Waals surface area contributed by atoms with Crippen LogP contribution in [0.25, 0.3) is 0 Å². The molecule has 136 valence electrons. The van der Waals surface area contributed by atoms with Crippen molar-refractivity contribution in [2.75, 3.05) is 5.32 Å². The van der Waals surface area contributed by atoms with Crippen molar-refractivity contribution in [3.63, 3.8) is 0 Å². The van der Waals surface area contributed by atoms with Crippen molar-refractivity contribution in [1.82, 2.24) is 19.6 Å². The molecule has 0 atom stereocenters. The highest BCUT2D eigenvalue weighted by atomic mass is 35.5. The van der Waals surface area contributed by atoms with Crippen molar-refractivity contribution in [2.45, 2.75) is 26.9 Å². The second kappa shape index (κ2) is 7.70. The zero-order valence-corrected chi connectivity index (χ0v) is 16.4. The van der Waals surface area contributed by atoms with Gasteiger partial charge in [0, 0.05) is 21.8 Å². The Balaban J connectivity index is 1.78. The normalized spacial score (nSPS) is 11.0. The largest absolute Gasteiger partial charge is 0.321 e. The summed E-state index contributed by atoms with van der Waals surface area (Å²) in [6, 6.07) is 5.36. The van der Waals surface area contributed by atoms with Crippen LogP contribution in [-0.2, 0) is 17.9 Å². The molecule has 0 aliphatic heterocycles. The van der Waals surface area contributed by atoms with E-state index in [0.29, 0.717) is 33.0 Å². The van der Waals surface area contributed by atoms with E-state index in [4.69, 9.17) is 34.8 Å². The van der Waals surface area contributed by atoms with Crippen molar-refractivity contribution >= 4 is 46.4 Å². The highest BCUT2D eigenvalue weighted by Crippen LogP contribution is 2.27. The summed E-state index contributed by atoms with van der Waals surface area (Å²) in [6.07, 6.45) is 3.07. The fourth-order valence-electron chi connectivity index (χ4n) is 2.62. The molecular weight excluding hydrogens is 397 g/mol. The third-order valence-corrected chi connectivity index (χ3v) is 4.83. The van der Waals surface area contributed by atoms with Crippen molar-refractivity contribution in [1.29, 1.82) is 0 Å². The second-order valence-electron chi connectivity index (χ2n) is 5.81. The molecule has 0 aliphatic rings. The lowest BCUT2D eigenvalue weighted by atomic mass is 10.2. The number of nitrogens with zero attached hydrogens (tertiary/aromatic N) is 4. The smallest absolute Gasteiger partial charge is 0.246 e. The molecule has 3 rings (SSSR count). The number of carbonyl (C=O) groups is 1. The van der Waals surface area contributed by atoms with Crippen molar-refractivity contribution < 1.29 is 4.79 Å². The van der Waals surface area contributed by atoms with Gasteiger partial charge < -0.3 is 5.32 Å². The van der Waals surface area contributed by atoms with E-state index < -0.39 is 0 Å². The number of amides is 1. The number of aryl methyl sites for hydroxylation is 1. The standard InChI is InChI=1S/C17H16Cl3N5O/c1-10-17(22-16(26)9-24-7-12(18)6-21-24)11(2)25(23-10)8-13-14(19)4-3-5-15(13)20/h3-7H,8-9H2,1-2H3,(H,22,26). The molecule has 1 aromatic carbocycles. The summed E-state index contributed by atoms with van der Waals surface area (Å²) in [7, 11) is 0. The van der Waals surface area contributed by atoms with Gasteiger partial charge in [0.2, 0.25) is 5.91 Å². The lowest BCUT2D eigenvalue weighted by Crippen LogP contribution is -2.19. The molecule has 3 aromatic rings. The molecule has 0 spiro atoms. The Morgan fingerprint density at radius 2 is 1.88 bits per heavy atom. The molecule has 0 fully saturated rings. The number of aromatic nitrogens is 4. The zero-order valence-electron chi connectivity index (χ0n) is 14.1. The third-order valence-electron chi connectivity index (χ3n) is 3.92. The van der Waals surface area contributed by atoms with Gasteiger partial charge in [-0.2, -0.15) is 10.2 Å². The number of nitrogens with one attached hydrogen (secondary N) is 1. The second-order valence-corrected chi connectivity index (χ2v) is 7.06. The minimum Gasteiger partial charge on any atom is -0.321 e. The lowest BCUT2D eigenvalue weighted by molar-refractivity contribution is -0.116. The molecule has 2 aromatic heterocycles. The Hall–Kier alpha value is -2.02. The zero-order chi connectivity index (χ0) is 18.8. The molecule has 0 saturated carbocycles. The topological polar surface area (TPSA) is 64.7 Å². The van der Waals surface area contributed by atoms with Gasteiger partial charge in [0.05, 0.1) is 34.8 Å². The summed E-state index contributed by atoms with van der Waals surface area (Å²) in [6.45, 7) is 4.19. The molecule has 1 N–H and O–H groups in total. The van der Waals surface area contributed by atoms with E-state index in [9.17, 15) is 4.79 Å². The Kier molecular flexibility index (Phi) is 5.55. The van der Waals surface area contributed by atoms with Crippen LogP contribution in [0.5, 0.6) is 0 Å². The van der Waals surface area contributed by atoms with E-state index in [1.54, 1.807) is 29.1 Å². The fourth-order valence-corrected chi connectivity index (χ4v) is 3.29. The van der Waals surface area contributed by atoms with E-state index >= 15 is 0 Å². The monoisotopic (exact) mass is 411 g/mol. The van der Waals surface area contributed by atoms with Crippen LogP contribution in [0, 0.1) is 13.8 Å². The maximum Gasteiger partial charge on any atom is 0.246 e. The maximum absolute atomic E-state index is 12.3. The van der Waals surface area contributed by atoms with Gasteiger partial charge in [0.25, 0.3) is 0 Å². The van der Waals surface area contributed by atoms with Crippen LogP contribution in [-0.4, -0.2) is 25.5 Å². The molecule has 2 heterocycles. The van der Waals surface area contributed by atoms with Gasteiger partial charge >= 0.3 is 0 Å². The van der Waals surface area contributed by atoms with E-state index in [1.165, 1.54) is 10.9 Å². The molecule has 0 radical (unpaired) electrons. The van der Waals surface area contributed by atoms with Crippen molar-refractivity contribution in [3.05, 3.63) is 62.6 Å². The van der Waals surface area contributed by atoms with Gasteiger partial charge in [0.15, 0.2) is 0 Å². The Morgan fingerprint density at radius 1 is 1.19 bits per heavy atom. The number of carbonyl (C=O) groups excluding carboxylic acids is 1. The number of anilines is 1. The highest BCUT2D eigenvalue weighted by Gasteiger charge is 2.16. The van der Waals surface area contributed by atoms with E-state index in [2.05, 4.69) is 15.5 Å². The maximum atomic E-state index is 12.3. The average Bonchev–Trinajstić information content (AvgIpc) is 3.09. The Morgan fingerprint density at radius 3 is 2.50 bits per heavy atom. The van der Waals surface area contributed by atoms with Gasteiger partial charge in [-0.15, -0.1) is 0 Å². The number of benzene rings is 1. The van der Waals surface area contributed by atoms with Crippen LogP contribution in [0.15, 0.2) is 30.6 Å². The molecule has 0 unspecified atom stereocenters. The summed E-state index contributed by atoms with van der Waals surface area (Å²) in [5, 5.41) is 13.0. The summed E-state index contributed by atoms with van der Waals surface area (Å²) in [4.78, 5) is 12.3. The molecule has 0 bridgehead atoms. The van der Waals surface area contributed by atoms with E-state index in [-0.39, 0.29) is 12.5 Å². The molecule has 1 amide bonds. The molecule has 6 nitrogen and oxygen atoms in total. The third kappa shape index (κ3) is 4.03. The number of halogens is 3. The fraction of sp³-hybridized carbons (Fsp3) is 0.235. The quantitative estimate of drug-likeness (QED) is 0.678. The first-order chi connectivity index (χ1) is 12.3. The first kappa shape index (κ1) is 18.8. The molecular formula is C17H16Cl3N5O. The summed E-state index contributed by atoms with van der Waals surface area (Å²) in [5.74, 6) is -0.216. The predicted molar refractivity (Wildman–Crippen MR) is 103 cm³/mol. The van der Waals surface area contributed by atoms with Gasteiger partial charge in [0.1, 0.15) is 6.54 Å². The molecule has 26 heavy (non-hydrogen) atoms. The first-order valence-electron chi connectivity index (χ1n) is 7.80. The van der Waals surface area contributed by atoms with Crippen molar-refractivity contribution in [3.8, 4) is 0 Å². The van der Waals surface area contributed by atoms with Gasteiger partial charge in [-0.3, -0.25) is 14.2 Å². The van der Waals surface area contributed by atoms with Crippen molar-refractivity contribution in [2.24, 2.45) is 0 Å². The SMILES string of the molecule is Cc1nn(Cc2c(Cl)cccc2Cl)c(C)c1NC(=O)Cn1cc(Cl)cn1. The highest BCUT2D eigenvalue weighted by molar-refractivity contribution is 6.36. The summed E-state index contributed by atoms with van der Waals surface area (Å²) >= 11 is 18.3. The Bertz CT molecular complexity index is 943. The van der Waals surface area contributed by atoms with Crippen LogP contribution in [0.2, 0.25) is 15.1 Å². The van der Waals surface area contributed by atoms with Gasteiger partial charge in [-0.25, -0.2) is 0 Å². The number of hydrogen-bond donors (Lipinski definition) is 1. The van der Waals surface area contributed by atoms with E-state index in [0.717, 1.165) is 11.3 Å². The van der Waals surface area contributed by atoms with E-state index in [1.807, 2.05) is 13.8 Å². The van der Waals surface area contributed by atoms with Gasteiger partial charge in [-0.05, 0) is 26.0 Å². The van der Waals surface area contributed by atoms with Gasteiger partial charge in [-0.1, -0.05) is 40.9 Å². The minimum atomic E-state index is -0.216. The van der Waals surface area contributed by atoms with Crippen LogP contribution in [0.3, 0.4) is 0 Å². The van der Waals surface area contributed by atoms with Crippen LogP contribution < -0.4 is 5.32 Å². The molecule has 9 heteroatoms. The average molecular weight is 413 g/mol. The summed E-state index contributed by atoms with van der Waals surface area (Å²) in [5.41, 5.74) is 2.96. The van der Waals surface area contributed by atoms with Crippen LogP contribution >= 0.6 is 34.8 Å². The molecule has 0 saturated heterocycles. The number of hydrogen-bond acceptors (Lipinski definition) is 3. The first-order valence-corrected chi connectivity index (χ1v) is 8.93.